The van der Waals surface area contributed by atoms with Crippen LogP contribution in [0.25, 0.3) is 0 Å². The normalized spacial score (nSPS) is 21.6. The molecule has 0 aliphatic carbocycles. The summed E-state index contributed by atoms with van der Waals surface area (Å²) in [6.45, 7) is 7.45. The van der Waals surface area contributed by atoms with Crippen LogP contribution in [0.2, 0.25) is 0 Å². The average molecular weight is 256 g/mol. The molecule has 1 heterocycles. The molecule has 0 spiro atoms. The smallest absolute Gasteiger partial charge is 0.0766 e. The molecular formula is C17H24N2. The predicted octanol–water partition coefficient (Wildman–Crippen LogP) is 2.30. The van der Waals surface area contributed by atoms with Crippen LogP contribution in [0, 0.1) is 12.3 Å². The zero-order valence-corrected chi connectivity index (χ0v) is 12.0. The van der Waals surface area contributed by atoms with Crippen molar-refractivity contribution in [1.82, 2.24) is 10.2 Å². The van der Waals surface area contributed by atoms with Crippen LogP contribution >= 0.6 is 0 Å². The van der Waals surface area contributed by atoms with E-state index in [9.17, 15) is 0 Å². The fraction of sp³-hybridized carbons (Fsp3) is 0.529. The number of rotatable bonds is 3. The van der Waals surface area contributed by atoms with Gasteiger partial charge in [-0.2, -0.15) is 0 Å². The van der Waals surface area contributed by atoms with Crippen LogP contribution in [0.3, 0.4) is 0 Å². The molecule has 2 heteroatoms. The summed E-state index contributed by atoms with van der Waals surface area (Å²) in [5, 5.41) is 3.65. The van der Waals surface area contributed by atoms with Gasteiger partial charge in [-0.05, 0) is 38.8 Å². The van der Waals surface area contributed by atoms with Gasteiger partial charge in [0.2, 0.25) is 0 Å². The Morgan fingerprint density at radius 2 is 2.11 bits per heavy atom. The highest BCUT2D eigenvalue weighted by atomic mass is 15.2. The average Bonchev–Trinajstić information content (AvgIpc) is 2.66. The van der Waals surface area contributed by atoms with Crippen molar-refractivity contribution >= 4 is 0 Å². The number of benzene rings is 1. The number of nitrogens with zero attached hydrogens (tertiary/aromatic N) is 1. The molecule has 1 saturated heterocycles. The molecule has 1 aromatic carbocycles. The minimum Gasteiger partial charge on any atom is -0.312 e. The molecule has 1 N–H and O–H groups in total. The standard InChI is InChI=1S/C17H24N2/c1-4-17(2,3)19-12-8-11-18-16(14-19)13-15-9-6-5-7-10-15/h1,5-7,9-10,16,18H,8,11-14H2,2-3H3. The molecule has 0 radical (unpaired) electrons. The van der Waals surface area contributed by atoms with Gasteiger partial charge in [0.05, 0.1) is 5.54 Å². The van der Waals surface area contributed by atoms with Crippen molar-refractivity contribution in [1.29, 1.82) is 0 Å². The van der Waals surface area contributed by atoms with Crippen molar-refractivity contribution in [2.45, 2.75) is 38.3 Å². The van der Waals surface area contributed by atoms with Gasteiger partial charge >= 0.3 is 0 Å². The van der Waals surface area contributed by atoms with Crippen LogP contribution in [0.4, 0.5) is 0 Å². The molecule has 1 fully saturated rings. The maximum atomic E-state index is 5.67. The lowest BCUT2D eigenvalue weighted by Crippen LogP contribution is -2.48. The second-order valence-electron chi connectivity index (χ2n) is 5.84. The van der Waals surface area contributed by atoms with E-state index in [0.717, 1.165) is 32.5 Å². The topological polar surface area (TPSA) is 15.3 Å². The van der Waals surface area contributed by atoms with Crippen LogP contribution in [0.5, 0.6) is 0 Å². The quantitative estimate of drug-likeness (QED) is 0.835. The van der Waals surface area contributed by atoms with E-state index in [1.54, 1.807) is 0 Å². The monoisotopic (exact) mass is 256 g/mol. The number of hydrogen-bond acceptors (Lipinski definition) is 2. The van der Waals surface area contributed by atoms with Gasteiger partial charge in [-0.1, -0.05) is 36.3 Å². The van der Waals surface area contributed by atoms with Crippen LogP contribution in [0.1, 0.15) is 25.8 Å². The number of nitrogens with one attached hydrogen (secondary N) is 1. The molecule has 1 atom stereocenters. The van der Waals surface area contributed by atoms with Crippen LogP contribution in [-0.4, -0.2) is 36.1 Å². The third-order valence-corrected chi connectivity index (χ3v) is 3.95. The first-order valence-corrected chi connectivity index (χ1v) is 7.12. The molecule has 0 bridgehead atoms. The zero-order chi connectivity index (χ0) is 13.7. The van der Waals surface area contributed by atoms with E-state index in [-0.39, 0.29) is 5.54 Å². The summed E-state index contributed by atoms with van der Waals surface area (Å²) in [5.74, 6) is 2.92. The molecule has 19 heavy (non-hydrogen) atoms. The van der Waals surface area contributed by atoms with E-state index < -0.39 is 0 Å². The predicted molar refractivity (Wildman–Crippen MR) is 81.0 cm³/mol. The van der Waals surface area contributed by atoms with Gasteiger partial charge in [-0.15, -0.1) is 6.42 Å². The fourth-order valence-electron chi connectivity index (χ4n) is 2.63. The maximum absolute atomic E-state index is 5.67. The Kier molecular flexibility index (Phi) is 4.63. The highest BCUT2D eigenvalue weighted by molar-refractivity contribution is 5.16. The summed E-state index contributed by atoms with van der Waals surface area (Å²) >= 11 is 0. The summed E-state index contributed by atoms with van der Waals surface area (Å²) in [6, 6.07) is 11.2. The summed E-state index contributed by atoms with van der Waals surface area (Å²) in [4.78, 5) is 2.43. The first-order valence-electron chi connectivity index (χ1n) is 7.12. The summed E-state index contributed by atoms with van der Waals surface area (Å²) < 4.78 is 0. The van der Waals surface area contributed by atoms with Gasteiger partial charge in [0.15, 0.2) is 0 Å². The second kappa shape index (κ2) is 6.23. The summed E-state index contributed by atoms with van der Waals surface area (Å²) in [5.41, 5.74) is 1.24. The Morgan fingerprint density at radius 3 is 2.79 bits per heavy atom. The zero-order valence-electron chi connectivity index (χ0n) is 12.0. The van der Waals surface area contributed by atoms with Gasteiger partial charge in [0.25, 0.3) is 0 Å². The number of hydrogen-bond donors (Lipinski definition) is 1. The van der Waals surface area contributed by atoms with E-state index >= 15 is 0 Å². The largest absolute Gasteiger partial charge is 0.312 e. The Hall–Kier alpha value is -1.30. The Morgan fingerprint density at radius 1 is 1.37 bits per heavy atom. The van der Waals surface area contributed by atoms with E-state index in [1.807, 2.05) is 0 Å². The van der Waals surface area contributed by atoms with Crippen molar-refractivity contribution in [2.24, 2.45) is 0 Å². The van der Waals surface area contributed by atoms with Gasteiger partial charge < -0.3 is 5.32 Å². The van der Waals surface area contributed by atoms with E-state index in [1.165, 1.54) is 5.56 Å². The van der Waals surface area contributed by atoms with Crippen LogP contribution in [-0.2, 0) is 6.42 Å². The SMILES string of the molecule is C#CC(C)(C)N1CCCNC(Cc2ccccc2)C1. The summed E-state index contributed by atoms with van der Waals surface area (Å²) in [6.07, 6.45) is 7.90. The van der Waals surface area contributed by atoms with Crippen molar-refractivity contribution < 1.29 is 0 Å². The van der Waals surface area contributed by atoms with E-state index in [2.05, 4.69) is 60.3 Å². The molecule has 1 aliphatic heterocycles. The van der Waals surface area contributed by atoms with Crippen molar-refractivity contribution in [3.05, 3.63) is 35.9 Å². The molecule has 102 valence electrons. The lowest BCUT2D eigenvalue weighted by Gasteiger charge is -2.35. The lowest BCUT2D eigenvalue weighted by molar-refractivity contribution is 0.166. The fourth-order valence-corrected chi connectivity index (χ4v) is 2.63. The van der Waals surface area contributed by atoms with Gasteiger partial charge in [0.1, 0.15) is 0 Å². The Labute approximate surface area is 117 Å². The highest BCUT2D eigenvalue weighted by Crippen LogP contribution is 2.17. The third-order valence-electron chi connectivity index (χ3n) is 3.95. The molecule has 1 aromatic rings. The maximum Gasteiger partial charge on any atom is 0.0766 e. The van der Waals surface area contributed by atoms with Gasteiger partial charge in [-0.25, -0.2) is 0 Å². The Balaban J connectivity index is 2.03. The molecule has 0 aromatic heterocycles. The van der Waals surface area contributed by atoms with Crippen LogP contribution < -0.4 is 5.32 Å². The summed E-state index contributed by atoms with van der Waals surface area (Å²) in [7, 11) is 0. The van der Waals surface area contributed by atoms with Crippen molar-refractivity contribution in [3.63, 3.8) is 0 Å². The van der Waals surface area contributed by atoms with Crippen molar-refractivity contribution in [3.8, 4) is 12.3 Å². The molecule has 1 aliphatic rings. The Bertz CT molecular complexity index is 430. The molecule has 1 unspecified atom stereocenters. The van der Waals surface area contributed by atoms with E-state index in [0.29, 0.717) is 6.04 Å². The lowest BCUT2D eigenvalue weighted by atomic mass is 10.0. The first-order chi connectivity index (χ1) is 9.12. The first kappa shape index (κ1) is 14.1. The molecule has 0 amide bonds. The van der Waals surface area contributed by atoms with Crippen LogP contribution in [0.15, 0.2) is 30.3 Å². The van der Waals surface area contributed by atoms with Crippen molar-refractivity contribution in [2.75, 3.05) is 19.6 Å². The molecule has 2 nitrogen and oxygen atoms in total. The van der Waals surface area contributed by atoms with E-state index in [4.69, 9.17) is 6.42 Å². The van der Waals surface area contributed by atoms with Gasteiger partial charge in [0, 0.05) is 19.1 Å². The molecular weight excluding hydrogens is 232 g/mol. The molecule has 2 rings (SSSR count). The number of terminal acetylenes is 1. The third kappa shape index (κ3) is 3.83. The minimum absolute atomic E-state index is 0.152. The highest BCUT2D eigenvalue weighted by Gasteiger charge is 2.28. The van der Waals surface area contributed by atoms with Gasteiger partial charge in [-0.3, -0.25) is 4.90 Å². The second-order valence-corrected chi connectivity index (χ2v) is 5.84. The molecule has 0 saturated carbocycles. The minimum atomic E-state index is -0.152.